The average Bonchev–Trinajstić information content (AvgIpc) is 2.26. The summed E-state index contributed by atoms with van der Waals surface area (Å²) in [6.07, 6.45) is 0. The lowest BCUT2D eigenvalue weighted by molar-refractivity contribution is -0.144. The zero-order valence-corrected chi connectivity index (χ0v) is 11.1. The number of hydrogen-bond donors (Lipinski definition) is 1. The van der Waals surface area contributed by atoms with E-state index in [2.05, 4.69) is 0 Å². The number of β-amino-alcohol motifs (C(OH)–C–C–N with tert-alkyl or cyclic N) is 1. The van der Waals surface area contributed by atoms with Gasteiger partial charge in [0.15, 0.2) is 0 Å². The third kappa shape index (κ3) is 3.00. The van der Waals surface area contributed by atoms with E-state index in [-0.39, 0.29) is 11.8 Å². The smallest absolute Gasteiger partial charge is 0.236 e. The fraction of sp³-hybridized carbons (Fsp3) is 0.833. The molecule has 0 aromatic carbocycles. The number of nitrogens with zero attached hydrogens (tertiary/aromatic N) is 3. The second-order valence-electron chi connectivity index (χ2n) is 5.53. The molecular formula is C12H21N3O3. The van der Waals surface area contributed by atoms with E-state index in [4.69, 9.17) is 0 Å². The molecule has 102 valence electrons. The van der Waals surface area contributed by atoms with Gasteiger partial charge in [-0.1, -0.05) is 0 Å². The van der Waals surface area contributed by atoms with Crippen LogP contribution in [0.1, 0.15) is 13.8 Å². The van der Waals surface area contributed by atoms with Crippen molar-refractivity contribution in [3.8, 4) is 0 Å². The first kappa shape index (κ1) is 13.3. The normalized spacial score (nSPS) is 23.7. The summed E-state index contributed by atoms with van der Waals surface area (Å²) < 4.78 is 0. The van der Waals surface area contributed by atoms with E-state index >= 15 is 0 Å². The molecule has 2 amide bonds. The summed E-state index contributed by atoms with van der Waals surface area (Å²) >= 11 is 0. The molecule has 0 bridgehead atoms. The Bertz CT molecular complexity index is 340. The van der Waals surface area contributed by atoms with Crippen molar-refractivity contribution in [1.29, 1.82) is 0 Å². The van der Waals surface area contributed by atoms with E-state index in [1.807, 2.05) is 4.90 Å². The van der Waals surface area contributed by atoms with Gasteiger partial charge in [-0.05, 0) is 6.92 Å². The Balaban J connectivity index is 1.73. The van der Waals surface area contributed by atoms with E-state index < -0.39 is 5.60 Å². The first-order chi connectivity index (χ1) is 8.37. The van der Waals surface area contributed by atoms with E-state index in [1.165, 1.54) is 0 Å². The van der Waals surface area contributed by atoms with Crippen LogP contribution in [0, 0.1) is 0 Å². The van der Waals surface area contributed by atoms with E-state index in [0.29, 0.717) is 45.8 Å². The first-order valence-electron chi connectivity index (χ1n) is 6.35. The molecule has 0 spiro atoms. The van der Waals surface area contributed by atoms with Crippen LogP contribution in [-0.4, -0.2) is 83.0 Å². The van der Waals surface area contributed by atoms with Gasteiger partial charge >= 0.3 is 0 Å². The maximum absolute atomic E-state index is 12.0. The molecule has 2 saturated heterocycles. The molecule has 0 unspecified atom stereocenters. The maximum atomic E-state index is 12.0. The number of rotatable bonds is 2. The Labute approximate surface area is 107 Å². The van der Waals surface area contributed by atoms with Crippen molar-refractivity contribution in [3.05, 3.63) is 0 Å². The summed E-state index contributed by atoms with van der Waals surface area (Å²) in [4.78, 5) is 28.7. The highest BCUT2D eigenvalue weighted by atomic mass is 16.3. The fourth-order valence-electron chi connectivity index (χ4n) is 2.59. The van der Waals surface area contributed by atoms with Crippen LogP contribution >= 0.6 is 0 Å². The van der Waals surface area contributed by atoms with Crippen LogP contribution in [0.2, 0.25) is 0 Å². The Morgan fingerprint density at radius 2 is 1.61 bits per heavy atom. The van der Waals surface area contributed by atoms with Crippen LogP contribution in [-0.2, 0) is 9.59 Å². The van der Waals surface area contributed by atoms with Crippen LogP contribution in [0.15, 0.2) is 0 Å². The molecule has 0 aromatic heterocycles. The molecular weight excluding hydrogens is 234 g/mol. The van der Waals surface area contributed by atoms with Crippen molar-refractivity contribution in [2.75, 3.05) is 45.8 Å². The van der Waals surface area contributed by atoms with Gasteiger partial charge in [-0.2, -0.15) is 0 Å². The van der Waals surface area contributed by atoms with Gasteiger partial charge in [0.2, 0.25) is 11.8 Å². The van der Waals surface area contributed by atoms with Gasteiger partial charge in [0.25, 0.3) is 0 Å². The summed E-state index contributed by atoms with van der Waals surface area (Å²) in [5.74, 6) is 0.162. The van der Waals surface area contributed by atoms with Crippen LogP contribution in [0.4, 0.5) is 0 Å². The first-order valence-corrected chi connectivity index (χ1v) is 6.35. The highest BCUT2D eigenvalue weighted by molar-refractivity contribution is 5.79. The SMILES string of the molecule is CC(=O)N1CCN(C(=O)CN2CC(C)(O)C2)CC1. The van der Waals surface area contributed by atoms with Crippen molar-refractivity contribution in [1.82, 2.24) is 14.7 Å². The van der Waals surface area contributed by atoms with Crippen LogP contribution in [0.3, 0.4) is 0 Å². The molecule has 6 nitrogen and oxygen atoms in total. The van der Waals surface area contributed by atoms with Gasteiger partial charge in [0.1, 0.15) is 0 Å². The summed E-state index contributed by atoms with van der Waals surface area (Å²) in [6.45, 7) is 7.30. The molecule has 0 atom stereocenters. The summed E-state index contributed by atoms with van der Waals surface area (Å²) in [5, 5.41) is 9.59. The molecule has 6 heteroatoms. The number of amides is 2. The largest absolute Gasteiger partial charge is 0.388 e. The Morgan fingerprint density at radius 1 is 1.11 bits per heavy atom. The predicted molar refractivity (Wildman–Crippen MR) is 65.9 cm³/mol. The zero-order valence-electron chi connectivity index (χ0n) is 11.1. The molecule has 2 aliphatic rings. The van der Waals surface area contributed by atoms with Crippen molar-refractivity contribution < 1.29 is 14.7 Å². The number of hydrogen-bond acceptors (Lipinski definition) is 4. The summed E-state index contributed by atoms with van der Waals surface area (Å²) in [6, 6.07) is 0. The number of carbonyl (C=O) groups is 2. The molecule has 2 fully saturated rings. The van der Waals surface area contributed by atoms with Crippen molar-refractivity contribution in [3.63, 3.8) is 0 Å². The standard InChI is InChI=1S/C12H21N3O3/c1-10(16)14-3-5-15(6-4-14)11(17)7-13-8-12(2,18)9-13/h18H,3-9H2,1-2H3. The third-order valence-corrected chi connectivity index (χ3v) is 3.57. The van der Waals surface area contributed by atoms with E-state index in [9.17, 15) is 14.7 Å². The van der Waals surface area contributed by atoms with E-state index in [0.717, 1.165) is 0 Å². The van der Waals surface area contributed by atoms with E-state index in [1.54, 1.807) is 23.6 Å². The molecule has 0 radical (unpaired) electrons. The Hall–Kier alpha value is -1.14. The number of aliphatic hydroxyl groups is 1. The fourth-order valence-corrected chi connectivity index (χ4v) is 2.59. The van der Waals surface area contributed by atoms with Crippen LogP contribution in [0.25, 0.3) is 0 Å². The van der Waals surface area contributed by atoms with Gasteiger partial charge < -0.3 is 14.9 Å². The molecule has 2 heterocycles. The predicted octanol–water partition coefficient (Wildman–Crippen LogP) is -1.26. The molecule has 0 aliphatic carbocycles. The summed E-state index contributed by atoms with van der Waals surface area (Å²) in [7, 11) is 0. The minimum absolute atomic E-state index is 0.0703. The van der Waals surface area contributed by atoms with Gasteiger partial charge in [0, 0.05) is 46.2 Å². The van der Waals surface area contributed by atoms with Crippen LogP contribution in [0.5, 0.6) is 0 Å². The topological polar surface area (TPSA) is 64.1 Å². The molecule has 2 rings (SSSR count). The highest BCUT2D eigenvalue weighted by Gasteiger charge is 2.38. The molecule has 18 heavy (non-hydrogen) atoms. The second kappa shape index (κ2) is 4.85. The quantitative estimate of drug-likeness (QED) is 0.669. The van der Waals surface area contributed by atoms with Crippen LogP contribution < -0.4 is 0 Å². The minimum Gasteiger partial charge on any atom is -0.388 e. The van der Waals surface area contributed by atoms with Gasteiger partial charge in [-0.15, -0.1) is 0 Å². The number of carbonyl (C=O) groups excluding carboxylic acids is 2. The lowest BCUT2D eigenvalue weighted by Gasteiger charge is -2.44. The lowest BCUT2D eigenvalue weighted by atomic mass is 9.97. The Kier molecular flexibility index (Phi) is 3.59. The molecule has 1 N–H and O–H groups in total. The third-order valence-electron chi connectivity index (χ3n) is 3.57. The second-order valence-corrected chi connectivity index (χ2v) is 5.53. The number of likely N-dealkylation sites (tertiary alicyclic amines) is 1. The molecule has 2 aliphatic heterocycles. The minimum atomic E-state index is -0.631. The summed E-state index contributed by atoms with van der Waals surface area (Å²) in [5.41, 5.74) is -0.631. The van der Waals surface area contributed by atoms with Gasteiger partial charge in [0.05, 0.1) is 12.1 Å². The zero-order chi connectivity index (χ0) is 13.3. The van der Waals surface area contributed by atoms with Gasteiger partial charge in [-0.3, -0.25) is 14.5 Å². The number of piperazine rings is 1. The maximum Gasteiger partial charge on any atom is 0.236 e. The van der Waals surface area contributed by atoms with Gasteiger partial charge in [-0.25, -0.2) is 0 Å². The van der Waals surface area contributed by atoms with Crippen molar-refractivity contribution in [2.45, 2.75) is 19.4 Å². The Morgan fingerprint density at radius 3 is 2.06 bits per heavy atom. The monoisotopic (exact) mass is 255 g/mol. The highest BCUT2D eigenvalue weighted by Crippen LogP contribution is 2.19. The molecule has 0 aromatic rings. The van der Waals surface area contributed by atoms with Crippen molar-refractivity contribution >= 4 is 11.8 Å². The molecule has 0 saturated carbocycles. The van der Waals surface area contributed by atoms with Crippen molar-refractivity contribution in [2.24, 2.45) is 0 Å². The lowest BCUT2D eigenvalue weighted by Crippen LogP contribution is -2.62. The average molecular weight is 255 g/mol.